The van der Waals surface area contributed by atoms with Crippen LogP contribution in [0.3, 0.4) is 0 Å². The van der Waals surface area contributed by atoms with E-state index in [9.17, 15) is 0 Å². The number of aromatic hydroxyl groups is 1. The number of phenolic OH excluding ortho intramolecular Hbond substituents is 1. The standard InChI is InChI=1S/C7H8O.C5H11N/c1-6-3-2-4-7(8)5-6;1-2-4-6-5-3-1/h2-5,8H,1H3;6H,1-5H2. The van der Waals surface area contributed by atoms with Crippen molar-refractivity contribution in [1.82, 2.24) is 5.32 Å². The molecule has 2 heteroatoms. The van der Waals surface area contributed by atoms with Gasteiger partial charge in [-0.05, 0) is 50.6 Å². The first-order valence-electron chi connectivity index (χ1n) is 5.25. The molecule has 2 N–H and O–H groups in total. The molecule has 1 saturated heterocycles. The highest BCUT2D eigenvalue weighted by atomic mass is 16.3. The molecule has 0 radical (unpaired) electrons. The summed E-state index contributed by atoms with van der Waals surface area (Å²) in [6.45, 7) is 4.44. The third-order valence-electron chi connectivity index (χ3n) is 2.21. The molecule has 0 spiro atoms. The van der Waals surface area contributed by atoms with Crippen LogP contribution in [0, 0.1) is 6.92 Å². The molecule has 0 unspecified atom stereocenters. The molecule has 1 aliphatic rings. The molecule has 78 valence electrons. The van der Waals surface area contributed by atoms with Crippen molar-refractivity contribution in [3.63, 3.8) is 0 Å². The van der Waals surface area contributed by atoms with Crippen molar-refractivity contribution in [3.8, 4) is 5.75 Å². The molecule has 0 aromatic heterocycles. The molecular weight excluding hydrogens is 174 g/mol. The number of aryl methyl sites for hydroxylation is 1. The Morgan fingerprint density at radius 3 is 2.14 bits per heavy atom. The fourth-order valence-electron chi connectivity index (χ4n) is 1.43. The summed E-state index contributed by atoms with van der Waals surface area (Å²) in [7, 11) is 0. The van der Waals surface area contributed by atoms with Gasteiger partial charge in [-0.15, -0.1) is 0 Å². The minimum atomic E-state index is 0.338. The molecule has 1 aromatic carbocycles. The van der Waals surface area contributed by atoms with Crippen LogP contribution in [0.15, 0.2) is 24.3 Å². The Labute approximate surface area is 86.0 Å². The summed E-state index contributed by atoms with van der Waals surface area (Å²) in [6, 6.07) is 7.15. The van der Waals surface area contributed by atoms with Gasteiger partial charge in [-0.3, -0.25) is 0 Å². The Bertz CT molecular complexity index is 227. The Balaban J connectivity index is 0.000000146. The van der Waals surface area contributed by atoms with Crippen molar-refractivity contribution >= 4 is 0 Å². The number of piperidine rings is 1. The fraction of sp³-hybridized carbons (Fsp3) is 0.500. The third-order valence-corrected chi connectivity index (χ3v) is 2.21. The van der Waals surface area contributed by atoms with Crippen molar-refractivity contribution in [2.45, 2.75) is 26.2 Å². The second-order valence-electron chi connectivity index (χ2n) is 3.65. The first kappa shape index (κ1) is 11.1. The van der Waals surface area contributed by atoms with E-state index in [4.69, 9.17) is 5.11 Å². The van der Waals surface area contributed by atoms with Gasteiger partial charge in [-0.1, -0.05) is 18.6 Å². The van der Waals surface area contributed by atoms with E-state index in [1.165, 1.54) is 32.4 Å². The molecule has 1 heterocycles. The molecular formula is C12H19NO. The van der Waals surface area contributed by atoms with Gasteiger partial charge in [0.1, 0.15) is 5.75 Å². The maximum Gasteiger partial charge on any atom is 0.115 e. The van der Waals surface area contributed by atoms with E-state index < -0.39 is 0 Å². The molecule has 0 bridgehead atoms. The summed E-state index contributed by atoms with van der Waals surface area (Å²) < 4.78 is 0. The second kappa shape index (κ2) is 6.44. The van der Waals surface area contributed by atoms with Gasteiger partial charge in [0.2, 0.25) is 0 Å². The minimum Gasteiger partial charge on any atom is -0.508 e. The largest absolute Gasteiger partial charge is 0.508 e. The van der Waals surface area contributed by atoms with Crippen molar-refractivity contribution in [2.75, 3.05) is 13.1 Å². The molecule has 14 heavy (non-hydrogen) atoms. The normalized spacial score (nSPS) is 15.5. The van der Waals surface area contributed by atoms with Crippen LogP contribution in [0.5, 0.6) is 5.75 Å². The van der Waals surface area contributed by atoms with Crippen LogP contribution in [-0.2, 0) is 0 Å². The number of hydrogen-bond acceptors (Lipinski definition) is 2. The van der Waals surface area contributed by atoms with E-state index >= 15 is 0 Å². The molecule has 1 fully saturated rings. The number of nitrogens with one attached hydrogen (secondary N) is 1. The summed E-state index contributed by atoms with van der Waals surface area (Å²) in [5, 5.41) is 12.1. The first-order chi connectivity index (χ1) is 6.79. The zero-order valence-electron chi connectivity index (χ0n) is 8.79. The van der Waals surface area contributed by atoms with E-state index in [1.54, 1.807) is 12.1 Å². The predicted octanol–water partition coefficient (Wildman–Crippen LogP) is 2.46. The molecule has 2 nitrogen and oxygen atoms in total. The van der Waals surface area contributed by atoms with Crippen LogP contribution >= 0.6 is 0 Å². The van der Waals surface area contributed by atoms with E-state index in [0.29, 0.717) is 5.75 Å². The topological polar surface area (TPSA) is 32.3 Å². The first-order valence-corrected chi connectivity index (χ1v) is 5.25. The molecule has 0 saturated carbocycles. The average Bonchev–Trinajstić information content (AvgIpc) is 2.21. The van der Waals surface area contributed by atoms with Crippen LogP contribution in [0.4, 0.5) is 0 Å². The van der Waals surface area contributed by atoms with Crippen LogP contribution in [-0.4, -0.2) is 18.2 Å². The van der Waals surface area contributed by atoms with Crippen molar-refractivity contribution in [1.29, 1.82) is 0 Å². The van der Waals surface area contributed by atoms with E-state index in [2.05, 4.69) is 5.32 Å². The smallest absolute Gasteiger partial charge is 0.115 e. The maximum atomic E-state index is 8.81. The summed E-state index contributed by atoms with van der Waals surface area (Å²) >= 11 is 0. The lowest BCUT2D eigenvalue weighted by molar-refractivity contribution is 0.475. The lowest BCUT2D eigenvalue weighted by atomic mass is 10.2. The number of rotatable bonds is 0. The Morgan fingerprint density at radius 1 is 1.14 bits per heavy atom. The van der Waals surface area contributed by atoms with Crippen LogP contribution in [0.1, 0.15) is 24.8 Å². The lowest BCUT2D eigenvalue weighted by Crippen LogP contribution is -2.21. The number of hydrogen-bond donors (Lipinski definition) is 2. The monoisotopic (exact) mass is 193 g/mol. The zero-order valence-corrected chi connectivity index (χ0v) is 8.79. The van der Waals surface area contributed by atoms with Gasteiger partial charge < -0.3 is 10.4 Å². The van der Waals surface area contributed by atoms with Crippen molar-refractivity contribution in [3.05, 3.63) is 29.8 Å². The highest BCUT2D eigenvalue weighted by Crippen LogP contribution is 2.08. The Morgan fingerprint density at radius 2 is 1.86 bits per heavy atom. The molecule has 2 rings (SSSR count). The van der Waals surface area contributed by atoms with Crippen LogP contribution in [0.2, 0.25) is 0 Å². The summed E-state index contributed by atoms with van der Waals surface area (Å²) in [5.74, 6) is 0.338. The number of benzene rings is 1. The van der Waals surface area contributed by atoms with Gasteiger partial charge in [0.05, 0.1) is 0 Å². The quantitative estimate of drug-likeness (QED) is 0.663. The van der Waals surface area contributed by atoms with Crippen LogP contribution in [0.25, 0.3) is 0 Å². The molecule has 1 aromatic rings. The molecule has 0 amide bonds. The van der Waals surface area contributed by atoms with Gasteiger partial charge in [0.25, 0.3) is 0 Å². The highest BCUT2D eigenvalue weighted by Gasteiger charge is 1.93. The summed E-state index contributed by atoms with van der Waals surface area (Å²) in [6.07, 6.45) is 4.22. The van der Waals surface area contributed by atoms with Crippen molar-refractivity contribution < 1.29 is 5.11 Å². The minimum absolute atomic E-state index is 0.338. The van der Waals surface area contributed by atoms with E-state index in [1.807, 2.05) is 19.1 Å². The van der Waals surface area contributed by atoms with Gasteiger partial charge in [-0.2, -0.15) is 0 Å². The maximum absolute atomic E-state index is 8.81. The van der Waals surface area contributed by atoms with Gasteiger partial charge >= 0.3 is 0 Å². The van der Waals surface area contributed by atoms with Crippen LogP contribution < -0.4 is 5.32 Å². The SMILES string of the molecule is C1CCNCC1.Cc1cccc(O)c1. The predicted molar refractivity (Wildman–Crippen MR) is 59.6 cm³/mol. The molecule has 1 aliphatic heterocycles. The second-order valence-corrected chi connectivity index (χ2v) is 3.65. The van der Waals surface area contributed by atoms with Gasteiger partial charge in [0, 0.05) is 0 Å². The number of phenols is 1. The average molecular weight is 193 g/mol. The van der Waals surface area contributed by atoms with Crippen molar-refractivity contribution in [2.24, 2.45) is 0 Å². The Hall–Kier alpha value is -1.02. The molecule has 0 atom stereocenters. The van der Waals surface area contributed by atoms with Gasteiger partial charge in [0.15, 0.2) is 0 Å². The van der Waals surface area contributed by atoms with Gasteiger partial charge in [-0.25, -0.2) is 0 Å². The molecule has 0 aliphatic carbocycles. The van der Waals surface area contributed by atoms with E-state index in [-0.39, 0.29) is 0 Å². The Kier molecular flexibility index (Phi) is 5.08. The van der Waals surface area contributed by atoms with E-state index in [0.717, 1.165) is 5.56 Å². The third kappa shape index (κ3) is 4.87. The highest BCUT2D eigenvalue weighted by molar-refractivity contribution is 5.25. The fourth-order valence-corrected chi connectivity index (χ4v) is 1.43. The zero-order chi connectivity index (χ0) is 10.2. The summed E-state index contributed by atoms with van der Waals surface area (Å²) in [4.78, 5) is 0. The lowest BCUT2D eigenvalue weighted by Gasteiger charge is -2.08. The summed E-state index contributed by atoms with van der Waals surface area (Å²) in [5.41, 5.74) is 1.09.